The van der Waals surface area contributed by atoms with Crippen LogP contribution in [0, 0.1) is 19.7 Å². The second-order valence-electron chi connectivity index (χ2n) is 10.3. The average molecular weight is 548 g/mol. The lowest BCUT2D eigenvalue weighted by Crippen LogP contribution is -2.23. The summed E-state index contributed by atoms with van der Waals surface area (Å²) in [4.78, 5) is 17.7. The Balaban J connectivity index is 1.44. The van der Waals surface area contributed by atoms with Crippen molar-refractivity contribution in [3.63, 3.8) is 0 Å². The van der Waals surface area contributed by atoms with Gasteiger partial charge in [-0.1, -0.05) is 65.8 Å². The molecule has 1 fully saturated rings. The number of carbonyl (C=O) groups excluding carboxylic acids is 1. The molecule has 0 amide bonds. The zero-order valence-corrected chi connectivity index (χ0v) is 23.2. The molecule has 0 saturated heterocycles. The Morgan fingerprint density at radius 3 is 2.49 bits per heavy atom. The number of hydrogen-bond donors (Lipinski definition) is 1. The van der Waals surface area contributed by atoms with Crippen molar-refractivity contribution in [2.75, 3.05) is 11.9 Å². The van der Waals surface area contributed by atoms with E-state index in [2.05, 4.69) is 10.5 Å². The van der Waals surface area contributed by atoms with Crippen molar-refractivity contribution in [2.45, 2.75) is 39.0 Å². The van der Waals surface area contributed by atoms with Crippen molar-refractivity contribution in [3.05, 3.63) is 108 Å². The number of aryl methyl sites for hydroxylation is 1. The largest absolute Gasteiger partial charge is 0.465 e. The minimum Gasteiger partial charge on any atom is -0.465 e. The number of halogens is 1. The first-order valence-electron chi connectivity index (χ1n) is 13.7. The maximum atomic E-state index is 14.3. The van der Waals surface area contributed by atoms with Gasteiger partial charge in [0.25, 0.3) is 0 Å². The van der Waals surface area contributed by atoms with Gasteiger partial charge in [-0.2, -0.15) is 0 Å². The Hall–Kier alpha value is -4.78. The van der Waals surface area contributed by atoms with Crippen LogP contribution in [0.3, 0.4) is 0 Å². The number of aromatic nitrogens is 2. The third-order valence-corrected chi connectivity index (χ3v) is 7.73. The van der Waals surface area contributed by atoms with Crippen LogP contribution in [0.15, 0.2) is 89.5 Å². The number of anilines is 2. The van der Waals surface area contributed by atoms with Crippen molar-refractivity contribution in [1.82, 2.24) is 10.1 Å². The molecule has 0 atom stereocenters. The number of esters is 1. The molecule has 41 heavy (non-hydrogen) atoms. The second-order valence-corrected chi connectivity index (χ2v) is 10.3. The van der Waals surface area contributed by atoms with Gasteiger partial charge in [0.15, 0.2) is 5.76 Å². The standard InChI is InChI=1S/C34H30FN3O3/c1-4-40-33(39)34(18-19-34)24-16-17-26(23-10-6-5-7-11-23)27(20-24)32-31(22(3)38-41-32)37-30-15-9-14-29(36-30)25-12-8-13-28(35)21(25)2/h5-17,20H,4,18-19H2,1-3H3,(H,36,37). The molecule has 0 unspecified atom stereocenters. The first kappa shape index (κ1) is 26.4. The van der Waals surface area contributed by atoms with E-state index in [1.807, 2.05) is 86.6 Å². The number of carbonyl (C=O) groups is 1. The van der Waals surface area contributed by atoms with Gasteiger partial charge in [0.05, 0.1) is 17.7 Å². The number of pyridine rings is 1. The Labute approximate surface area is 238 Å². The molecule has 3 aromatic carbocycles. The van der Waals surface area contributed by atoms with Crippen LogP contribution in [-0.4, -0.2) is 22.7 Å². The molecular formula is C34H30FN3O3. The number of hydrogen-bond acceptors (Lipinski definition) is 6. The molecule has 2 heterocycles. The van der Waals surface area contributed by atoms with Crippen molar-refractivity contribution < 1.29 is 18.4 Å². The number of ether oxygens (including phenoxy) is 1. The summed E-state index contributed by atoms with van der Waals surface area (Å²) in [5.41, 5.74) is 6.27. The van der Waals surface area contributed by atoms with E-state index in [1.54, 1.807) is 13.0 Å². The van der Waals surface area contributed by atoms with Crippen LogP contribution in [0.1, 0.15) is 36.6 Å². The summed E-state index contributed by atoms with van der Waals surface area (Å²) in [6.07, 6.45) is 1.49. The molecule has 7 heteroatoms. The van der Waals surface area contributed by atoms with Crippen LogP contribution in [0.25, 0.3) is 33.7 Å². The molecule has 0 bridgehead atoms. The van der Waals surface area contributed by atoms with Crippen LogP contribution in [0.2, 0.25) is 0 Å². The summed E-state index contributed by atoms with van der Waals surface area (Å²) >= 11 is 0. The lowest BCUT2D eigenvalue weighted by Gasteiger charge is -2.18. The van der Waals surface area contributed by atoms with E-state index in [0.717, 1.165) is 40.7 Å². The van der Waals surface area contributed by atoms with Gasteiger partial charge in [0.2, 0.25) is 0 Å². The fourth-order valence-electron chi connectivity index (χ4n) is 5.27. The first-order valence-corrected chi connectivity index (χ1v) is 13.7. The highest BCUT2D eigenvalue weighted by molar-refractivity contribution is 5.92. The third kappa shape index (κ3) is 4.88. The van der Waals surface area contributed by atoms with Crippen LogP contribution in [-0.2, 0) is 14.9 Å². The monoisotopic (exact) mass is 547 g/mol. The van der Waals surface area contributed by atoms with E-state index in [4.69, 9.17) is 14.2 Å². The molecule has 1 aliphatic rings. The van der Waals surface area contributed by atoms with E-state index >= 15 is 0 Å². The maximum Gasteiger partial charge on any atom is 0.316 e. The Morgan fingerprint density at radius 1 is 0.951 bits per heavy atom. The van der Waals surface area contributed by atoms with Gasteiger partial charge in [-0.25, -0.2) is 9.37 Å². The summed E-state index contributed by atoms with van der Waals surface area (Å²) in [5, 5.41) is 7.70. The molecule has 1 aliphatic carbocycles. The summed E-state index contributed by atoms with van der Waals surface area (Å²) in [6.45, 7) is 5.77. The summed E-state index contributed by atoms with van der Waals surface area (Å²) in [7, 11) is 0. The molecule has 0 aliphatic heterocycles. The van der Waals surface area contributed by atoms with Gasteiger partial charge in [0, 0.05) is 11.1 Å². The Kier molecular flexibility index (Phi) is 6.87. The average Bonchev–Trinajstić information content (AvgIpc) is 3.74. The second kappa shape index (κ2) is 10.7. The van der Waals surface area contributed by atoms with E-state index in [9.17, 15) is 9.18 Å². The van der Waals surface area contributed by atoms with Gasteiger partial charge in [-0.3, -0.25) is 4.79 Å². The quantitative estimate of drug-likeness (QED) is 0.198. The van der Waals surface area contributed by atoms with Gasteiger partial charge >= 0.3 is 5.97 Å². The molecule has 1 N–H and O–H groups in total. The van der Waals surface area contributed by atoms with E-state index in [1.165, 1.54) is 6.07 Å². The smallest absolute Gasteiger partial charge is 0.316 e. The SMILES string of the molecule is CCOC(=O)C1(c2ccc(-c3ccccc3)c(-c3onc(C)c3Nc3cccc(-c4cccc(F)c4C)n3)c2)CC1. The molecule has 2 aromatic heterocycles. The number of benzene rings is 3. The normalized spacial score (nSPS) is 13.6. The van der Waals surface area contributed by atoms with Gasteiger partial charge < -0.3 is 14.6 Å². The third-order valence-electron chi connectivity index (χ3n) is 7.73. The Bertz CT molecular complexity index is 1740. The highest BCUT2D eigenvalue weighted by Gasteiger charge is 2.53. The van der Waals surface area contributed by atoms with E-state index in [-0.39, 0.29) is 11.8 Å². The first-order chi connectivity index (χ1) is 19.9. The zero-order chi connectivity index (χ0) is 28.6. The van der Waals surface area contributed by atoms with E-state index < -0.39 is 5.41 Å². The fourth-order valence-corrected chi connectivity index (χ4v) is 5.27. The van der Waals surface area contributed by atoms with Gasteiger partial charge in [-0.15, -0.1) is 0 Å². The predicted molar refractivity (Wildman–Crippen MR) is 157 cm³/mol. The molecular weight excluding hydrogens is 517 g/mol. The molecule has 6 rings (SSSR count). The lowest BCUT2D eigenvalue weighted by molar-refractivity contribution is -0.146. The van der Waals surface area contributed by atoms with Crippen molar-refractivity contribution in [1.29, 1.82) is 0 Å². The number of rotatable bonds is 8. The molecule has 0 radical (unpaired) electrons. The van der Waals surface area contributed by atoms with Crippen LogP contribution in [0.5, 0.6) is 0 Å². The topological polar surface area (TPSA) is 77.2 Å². The lowest BCUT2D eigenvalue weighted by atomic mass is 9.89. The van der Waals surface area contributed by atoms with Crippen LogP contribution < -0.4 is 5.32 Å². The zero-order valence-electron chi connectivity index (χ0n) is 23.2. The highest BCUT2D eigenvalue weighted by Crippen LogP contribution is 2.51. The minimum absolute atomic E-state index is 0.195. The maximum absolute atomic E-state index is 14.3. The molecule has 5 aromatic rings. The molecule has 0 spiro atoms. The minimum atomic E-state index is -0.638. The number of nitrogens with zero attached hydrogens (tertiary/aromatic N) is 2. The van der Waals surface area contributed by atoms with Crippen molar-refractivity contribution >= 4 is 17.5 Å². The highest BCUT2D eigenvalue weighted by atomic mass is 19.1. The van der Waals surface area contributed by atoms with Crippen molar-refractivity contribution in [3.8, 4) is 33.7 Å². The fraction of sp³-hybridized carbons (Fsp3) is 0.206. The molecule has 1 saturated carbocycles. The Morgan fingerprint density at radius 2 is 1.73 bits per heavy atom. The molecule has 6 nitrogen and oxygen atoms in total. The van der Waals surface area contributed by atoms with Crippen molar-refractivity contribution in [2.24, 2.45) is 0 Å². The predicted octanol–water partition coefficient (Wildman–Crippen LogP) is 8.16. The van der Waals surface area contributed by atoms with Gasteiger partial charge in [-0.05, 0) is 80.1 Å². The summed E-state index contributed by atoms with van der Waals surface area (Å²) in [5.74, 6) is 0.641. The van der Waals surface area contributed by atoms with Crippen LogP contribution >= 0.6 is 0 Å². The number of nitrogens with one attached hydrogen (secondary N) is 1. The summed E-state index contributed by atoms with van der Waals surface area (Å²) in [6, 6.07) is 26.7. The van der Waals surface area contributed by atoms with E-state index in [0.29, 0.717) is 40.8 Å². The summed E-state index contributed by atoms with van der Waals surface area (Å²) < 4.78 is 25.7. The molecule has 206 valence electrons. The van der Waals surface area contributed by atoms with Crippen LogP contribution in [0.4, 0.5) is 15.9 Å². The van der Waals surface area contributed by atoms with Gasteiger partial charge in [0.1, 0.15) is 23.0 Å².